The molecule has 1 atom stereocenters. The van der Waals surface area contributed by atoms with E-state index >= 15 is 0 Å². The third kappa shape index (κ3) is 4.07. The minimum atomic E-state index is -3.65. The van der Waals surface area contributed by atoms with Gasteiger partial charge in [-0.3, -0.25) is 4.79 Å². The molecule has 0 aromatic heterocycles. The van der Waals surface area contributed by atoms with Crippen LogP contribution >= 0.6 is 0 Å². The molecule has 16 heavy (non-hydrogen) atoms. The quantitative estimate of drug-likeness (QED) is 0.713. The number of rotatable bonds is 4. The fraction of sp³-hybridized carbons (Fsp3) is 0.889. The van der Waals surface area contributed by atoms with Gasteiger partial charge in [-0.2, -0.15) is 17.4 Å². The smallest absolute Gasteiger partial charge is 0.324 e. The molecule has 0 aromatic carbocycles. The van der Waals surface area contributed by atoms with E-state index in [0.29, 0.717) is 0 Å². The Hall–Kier alpha value is -0.660. The molecule has 6 nitrogen and oxygen atoms in total. The van der Waals surface area contributed by atoms with Crippen LogP contribution in [0, 0.1) is 5.41 Å². The zero-order valence-corrected chi connectivity index (χ0v) is 11.4. The molecule has 0 spiro atoms. The predicted molar refractivity (Wildman–Crippen MR) is 61.0 cm³/mol. The molecule has 96 valence electrons. The van der Waals surface area contributed by atoms with Crippen LogP contribution in [0.3, 0.4) is 0 Å². The maximum Gasteiger partial charge on any atom is 0.324 e. The van der Waals surface area contributed by atoms with Gasteiger partial charge in [0, 0.05) is 14.1 Å². The van der Waals surface area contributed by atoms with Crippen molar-refractivity contribution >= 4 is 16.2 Å². The Bertz CT molecular complexity index is 343. The molecule has 0 amide bonds. The van der Waals surface area contributed by atoms with E-state index in [9.17, 15) is 13.2 Å². The van der Waals surface area contributed by atoms with Crippen molar-refractivity contribution < 1.29 is 17.9 Å². The van der Waals surface area contributed by atoms with Gasteiger partial charge in [0.05, 0.1) is 7.11 Å². The zero-order chi connectivity index (χ0) is 13.1. The fourth-order valence-corrected chi connectivity index (χ4v) is 1.91. The Labute approximate surface area is 97.1 Å². The van der Waals surface area contributed by atoms with Gasteiger partial charge < -0.3 is 4.74 Å². The number of esters is 1. The molecule has 0 aliphatic carbocycles. The highest BCUT2D eigenvalue weighted by molar-refractivity contribution is 7.87. The summed E-state index contributed by atoms with van der Waals surface area (Å²) < 4.78 is 31.1. The van der Waals surface area contributed by atoms with E-state index in [1.54, 1.807) is 20.8 Å². The van der Waals surface area contributed by atoms with E-state index in [0.717, 1.165) is 4.31 Å². The second-order valence-corrected chi connectivity index (χ2v) is 6.64. The molecule has 0 fully saturated rings. The number of carbonyl (C=O) groups excluding carboxylic acids is 1. The second kappa shape index (κ2) is 5.11. The average Bonchev–Trinajstić information content (AvgIpc) is 2.11. The van der Waals surface area contributed by atoms with E-state index in [2.05, 4.69) is 9.46 Å². The standard InChI is InChI=1S/C9H20N2O4S/c1-9(2,3)7(8(12)15-6)10-16(13,14)11(4)5/h7,10H,1-6H3. The van der Waals surface area contributed by atoms with Crippen molar-refractivity contribution in [3.05, 3.63) is 0 Å². The highest BCUT2D eigenvalue weighted by Crippen LogP contribution is 2.21. The molecule has 0 aromatic rings. The molecule has 0 saturated carbocycles. The number of carbonyl (C=O) groups is 1. The van der Waals surface area contributed by atoms with Crippen LogP contribution < -0.4 is 4.72 Å². The highest BCUT2D eigenvalue weighted by Gasteiger charge is 2.36. The molecule has 0 aliphatic heterocycles. The highest BCUT2D eigenvalue weighted by atomic mass is 32.2. The summed E-state index contributed by atoms with van der Waals surface area (Å²) in [6, 6.07) is -0.912. The first kappa shape index (κ1) is 15.3. The number of nitrogens with one attached hydrogen (secondary N) is 1. The van der Waals surface area contributed by atoms with Crippen molar-refractivity contribution in [1.82, 2.24) is 9.03 Å². The Balaban J connectivity index is 5.05. The zero-order valence-electron chi connectivity index (χ0n) is 10.6. The lowest BCUT2D eigenvalue weighted by Crippen LogP contribution is -2.52. The lowest BCUT2D eigenvalue weighted by molar-refractivity contribution is -0.145. The first-order valence-electron chi connectivity index (χ1n) is 4.80. The number of nitrogens with zero attached hydrogens (tertiary/aromatic N) is 1. The summed E-state index contributed by atoms with van der Waals surface area (Å²) >= 11 is 0. The van der Waals surface area contributed by atoms with E-state index < -0.39 is 27.6 Å². The first-order chi connectivity index (χ1) is 7.02. The topological polar surface area (TPSA) is 75.7 Å². The van der Waals surface area contributed by atoms with Gasteiger partial charge >= 0.3 is 5.97 Å². The maximum atomic E-state index is 11.6. The van der Waals surface area contributed by atoms with Gasteiger partial charge in [-0.25, -0.2) is 0 Å². The number of hydrogen-bond donors (Lipinski definition) is 1. The van der Waals surface area contributed by atoms with Gasteiger partial charge in [0.25, 0.3) is 10.2 Å². The van der Waals surface area contributed by atoms with Crippen LogP contribution in [0.25, 0.3) is 0 Å². The van der Waals surface area contributed by atoms with Crippen LogP contribution in [0.4, 0.5) is 0 Å². The molecular formula is C9H20N2O4S. The Morgan fingerprint density at radius 3 is 2.00 bits per heavy atom. The monoisotopic (exact) mass is 252 g/mol. The van der Waals surface area contributed by atoms with Crippen LogP contribution in [0.2, 0.25) is 0 Å². The van der Waals surface area contributed by atoms with Crippen molar-refractivity contribution in [2.75, 3.05) is 21.2 Å². The molecule has 0 rings (SSSR count). The summed E-state index contributed by atoms with van der Waals surface area (Å²) in [7, 11) is 0.350. The summed E-state index contributed by atoms with van der Waals surface area (Å²) in [5.74, 6) is -0.599. The van der Waals surface area contributed by atoms with E-state index in [1.807, 2.05) is 0 Å². The second-order valence-electron chi connectivity index (χ2n) is 4.73. The molecule has 0 aliphatic rings. The van der Waals surface area contributed by atoms with Crippen molar-refractivity contribution in [3.63, 3.8) is 0 Å². The van der Waals surface area contributed by atoms with Crippen LogP contribution in [-0.2, 0) is 19.7 Å². The lowest BCUT2D eigenvalue weighted by atomic mass is 9.87. The van der Waals surface area contributed by atoms with E-state index in [4.69, 9.17) is 0 Å². The van der Waals surface area contributed by atoms with Crippen LogP contribution in [0.5, 0.6) is 0 Å². The summed E-state index contributed by atoms with van der Waals surface area (Å²) in [5.41, 5.74) is -0.559. The fourth-order valence-electron chi connectivity index (χ4n) is 0.951. The predicted octanol–water partition coefficient (Wildman–Crippen LogP) is -0.0299. The SMILES string of the molecule is COC(=O)C(NS(=O)(=O)N(C)C)C(C)(C)C. The number of methoxy groups -OCH3 is 1. The van der Waals surface area contributed by atoms with Gasteiger partial charge in [0.1, 0.15) is 6.04 Å². The van der Waals surface area contributed by atoms with Crippen molar-refractivity contribution in [1.29, 1.82) is 0 Å². The van der Waals surface area contributed by atoms with E-state index in [1.165, 1.54) is 21.2 Å². The van der Waals surface area contributed by atoms with Crippen molar-refractivity contribution in [3.8, 4) is 0 Å². The van der Waals surface area contributed by atoms with Crippen molar-refractivity contribution in [2.45, 2.75) is 26.8 Å². The molecular weight excluding hydrogens is 232 g/mol. The molecule has 0 saturated heterocycles. The third-order valence-corrected chi connectivity index (χ3v) is 3.55. The van der Waals surface area contributed by atoms with Gasteiger partial charge in [-0.1, -0.05) is 20.8 Å². The maximum absolute atomic E-state index is 11.6. The summed E-state index contributed by atoms with van der Waals surface area (Å²) in [6.45, 7) is 5.27. The molecule has 0 heterocycles. The summed E-state index contributed by atoms with van der Waals surface area (Å²) in [5, 5.41) is 0. The van der Waals surface area contributed by atoms with Crippen LogP contribution in [-0.4, -0.2) is 45.9 Å². The Kier molecular flexibility index (Phi) is 4.90. The average molecular weight is 252 g/mol. The van der Waals surface area contributed by atoms with Gasteiger partial charge in [0.2, 0.25) is 0 Å². The number of ether oxygens (including phenoxy) is 1. The summed E-state index contributed by atoms with van der Waals surface area (Å²) in [6.07, 6.45) is 0. The summed E-state index contributed by atoms with van der Waals surface area (Å²) in [4.78, 5) is 11.5. The minimum absolute atomic E-state index is 0.559. The van der Waals surface area contributed by atoms with Gasteiger partial charge in [-0.05, 0) is 5.41 Å². The third-order valence-electron chi connectivity index (χ3n) is 2.05. The Morgan fingerprint density at radius 2 is 1.75 bits per heavy atom. The molecule has 1 N–H and O–H groups in total. The van der Waals surface area contributed by atoms with Crippen molar-refractivity contribution in [2.24, 2.45) is 5.41 Å². The van der Waals surface area contributed by atoms with Crippen LogP contribution in [0.1, 0.15) is 20.8 Å². The van der Waals surface area contributed by atoms with Gasteiger partial charge in [-0.15, -0.1) is 0 Å². The Morgan fingerprint density at radius 1 is 1.31 bits per heavy atom. The molecule has 7 heteroatoms. The largest absolute Gasteiger partial charge is 0.468 e. The van der Waals surface area contributed by atoms with Crippen LogP contribution in [0.15, 0.2) is 0 Å². The molecule has 0 radical (unpaired) electrons. The lowest BCUT2D eigenvalue weighted by Gasteiger charge is -2.29. The molecule has 0 bridgehead atoms. The van der Waals surface area contributed by atoms with Gasteiger partial charge in [0.15, 0.2) is 0 Å². The first-order valence-corrected chi connectivity index (χ1v) is 6.24. The molecule has 1 unspecified atom stereocenters. The van der Waals surface area contributed by atoms with E-state index in [-0.39, 0.29) is 0 Å². The minimum Gasteiger partial charge on any atom is -0.468 e. The number of hydrogen-bond acceptors (Lipinski definition) is 4. The normalized spacial score (nSPS) is 14.9.